The Morgan fingerprint density at radius 2 is 2.23 bits per heavy atom. The minimum atomic E-state index is 0.0733. The number of hydrogen-bond acceptors (Lipinski definition) is 2. The number of benzene rings is 1. The third-order valence-corrected chi connectivity index (χ3v) is 3.34. The van der Waals surface area contributed by atoms with Crippen LogP contribution in [-0.2, 0) is 0 Å². The van der Waals surface area contributed by atoms with Crippen molar-refractivity contribution in [3.05, 3.63) is 34.2 Å². The van der Waals surface area contributed by atoms with E-state index in [4.69, 9.17) is 11.6 Å². The molecule has 3 heteroatoms. The summed E-state index contributed by atoms with van der Waals surface area (Å²) in [7, 11) is 0. The summed E-state index contributed by atoms with van der Waals surface area (Å²) in [5.74, 6) is 0.0733. The van der Waals surface area contributed by atoms with Gasteiger partial charge < -0.3 is 0 Å². The summed E-state index contributed by atoms with van der Waals surface area (Å²) in [4.78, 5) is 11.1. The van der Waals surface area contributed by atoms with E-state index < -0.39 is 0 Å². The maximum absolute atomic E-state index is 11.1. The second-order valence-electron chi connectivity index (χ2n) is 2.85. The van der Waals surface area contributed by atoms with Gasteiger partial charge in [0.2, 0.25) is 0 Å². The number of carbonyl (C=O) groups excluding carboxylic acids is 1. The molecule has 0 spiro atoms. The topological polar surface area (TPSA) is 17.1 Å². The van der Waals surface area contributed by atoms with Crippen molar-refractivity contribution in [2.75, 3.05) is 0 Å². The highest BCUT2D eigenvalue weighted by molar-refractivity contribution is 7.17. The fourth-order valence-electron chi connectivity index (χ4n) is 1.22. The van der Waals surface area contributed by atoms with Crippen molar-refractivity contribution in [2.24, 2.45) is 0 Å². The van der Waals surface area contributed by atoms with Gasteiger partial charge in [0.25, 0.3) is 0 Å². The molecule has 2 rings (SSSR count). The molecule has 0 aliphatic carbocycles. The van der Waals surface area contributed by atoms with Crippen LogP contribution in [0.25, 0.3) is 10.1 Å². The Hall–Kier alpha value is -0.860. The smallest absolute Gasteiger partial charge is 0.159 e. The fourth-order valence-corrected chi connectivity index (χ4v) is 2.36. The third kappa shape index (κ3) is 1.47. The molecule has 0 N–H and O–H groups in total. The lowest BCUT2D eigenvalue weighted by Gasteiger charge is -1.95. The van der Waals surface area contributed by atoms with Gasteiger partial charge in [-0.1, -0.05) is 11.6 Å². The predicted octanol–water partition coefficient (Wildman–Crippen LogP) is 3.76. The van der Waals surface area contributed by atoms with Crippen LogP contribution >= 0.6 is 22.9 Å². The van der Waals surface area contributed by atoms with E-state index >= 15 is 0 Å². The normalized spacial score (nSPS) is 10.6. The van der Waals surface area contributed by atoms with Crippen LogP contribution in [0, 0.1) is 0 Å². The number of Topliss-reactive ketones (excluding diaryl/α,β-unsaturated/α-hetero) is 1. The number of thiophene rings is 1. The summed E-state index contributed by atoms with van der Waals surface area (Å²) in [6.07, 6.45) is 0. The summed E-state index contributed by atoms with van der Waals surface area (Å²) in [5.41, 5.74) is 0.716. The van der Waals surface area contributed by atoms with E-state index in [1.54, 1.807) is 18.3 Å². The molecule has 0 aliphatic rings. The summed E-state index contributed by atoms with van der Waals surface area (Å²) in [5, 5.41) is 3.58. The Morgan fingerprint density at radius 3 is 2.92 bits per heavy atom. The minimum Gasteiger partial charge on any atom is -0.295 e. The zero-order valence-corrected chi connectivity index (χ0v) is 8.58. The molecule has 13 heavy (non-hydrogen) atoms. The molecule has 1 aromatic heterocycles. The molecule has 0 atom stereocenters. The van der Waals surface area contributed by atoms with Crippen LogP contribution in [0.15, 0.2) is 23.6 Å². The highest BCUT2D eigenvalue weighted by atomic mass is 35.5. The molecule has 0 radical (unpaired) electrons. The summed E-state index contributed by atoms with van der Waals surface area (Å²) in [6, 6.07) is 5.61. The molecule has 1 heterocycles. The lowest BCUT2D eigenvalue weighted by Crippen LogP contribution is -1.89. The largest absolute Gasteiger partial charge is 0.295 e. The van der Waals surface area contributed by atoms with Crippen molar-refractivity contribution < 1.29 is 4.79 Å². The molecule has 1 nitrogen and oxygen atoms in total. The van der Waals surface area contributed by atoms with E-state index in [1.165, 1.54) is 0 Å². The van der Waals surface area contributed by atoms with E-state index in [0.29, 0.717) is 5.56 Å². The van der Waals surface area contributed by atoms with Gasteiger partial charge in [-0.2, -0.15) is 0 Å². The standard InChI is InChI=1S/C10H7ClOS/c1-6(12)7-2-3-10-8(4-7)9(11)5-13-10/h2-5H,1H3. The van der Waals surface area contributed by atoms with Crippen molar-refractivity contribution >= 4 is 38.8 Å². The summed E-state index contributed by atoms with van der Waals surface area (Å²) >= 11 is 7.54. The number of carbonyl (C=O) groups is 1. The number of fused-ring (bicyclic) bond motifs is 1. The maximum atomic E-state index is 11.1. The number of ketones is 1. The first-order chi connectivity index (χ1) is 6.18. The Bertz CT molecular complexity index is 473. The molecule has 0 unspecified atom stereocenters. The van der Waals surface area contributed by atoms with Crippen molar-refractivity contribution in [2.45, 2.75) is 6.92 Å². The quantitative estimate of drug-likeness (QED) is 0.655. The Kier molecular flexibility index (Phi) is 2.10. The van der Waals surface area contributed by atoms with Crippen LogP contribution < -0.4 is 0 Å². The van der Waals surface area contributed by atoms with Crippen LogP contribution in [0.5, 0.6) is 0 Å². The van der Waals surface area contributed by atoms with Gasteiger partial charge in [-0.15, -0.1) is 11.3 Å². The van der Waals surface area contributed by atoms with E-state index in [1.807, 2.05) is 23.6 Å². The van der Waals surface area contributed by atoms with Crippen LogP contribution in [0.3, 0.4) is 0 Å². The van der Waals surface area contributed by atoms with E-state index in [0.717, 1.165) is 15.1 Å². The highest BCUT2D eigenvalue weighted by Gasteiger charge is 2.04. The van der Waals surface area contributed by atoms with Crippen LogP contribution in [-0.4, -0.2) is 5.78 Å². The summed E-state index contributed by atoms with van der Waals surface area (Å²) in [6.45, 7) is 1.56. The Labute approximate surface area is 84.9 Å². The van der Waals surface area contributed by atoms with Crippen molar-refractivity contribution in [3.63, 3.8) is 0 Å². The first-order valence-electron chi connectivity index (χ1n) is 3.86. The molecule has 0 saturated heterocycles. The van der Waals surface area contributed by atoms with Crippen molar-refractivity contribution in [3.8, 4) is 0 Å². The SMILES string of the molecule is CC(=O)c1ccc2scc(Cl)c2c1. The first kappa shape index (κ1) is 8.73. The average molecular weight is 211 g/mol. The van der Waals surface area contributed by atoms with Gasteiger partial charge >= 0.3 is 0 Å². The average Bonchev–Trinajstić information content (AvgIpc) is 2.47. The molecule has 0 fully saturated rings. The first-order valence-corrected chi connectivity index (χ1v) is 5.12. The van der Waals surface area contributed by atoms with Gasteiger partial charge in [0.15, 0.2) is 5.78 Å². The second kappa shape index (κ2) is 3.13. The second-order valence-corrected chi connectivity index (χ2v) is 4.17. The maximum Gasteiger partial charge on any atom is 0.159 e. The van der Waals surface area contributed by atoms with Gasteiger partial charge in [-0.25, -0.2) is 0 Å². The summed E-state index contributed by atoms with van der Waals surface area (Å²) < 4.78 is 1.12. The van der Waals surface area contributed by atoms with Gasteiger partial charge in [0.1, 0.15) is 0 Å². The predicted molar refractivity (Wildman–Crippen MR) is 56.8 cm³/mol. The van der Waals surface area contributed by atoms with Crippen LogP contribution in [0.1, 0.15) is 17.3 Å². The van der Waals surface area contributed by atoms with Crippen molar-refractivity contribution in [1.82, 2.24) is 0 Å². The third-order valence-electron chi connectivity index (χ3n) is 1.93. The van der Waals surface area contributed by atoms with Gasteiger partial charge in [0.05, 0.1) is 5.02 Å². The molecule has 0 bridgehead atoms. The molecular formula is C10H7ClOS. The number of hydrogen-bond donors (Lipinski definition) is 0. The van der Waals surface area contributed by atoms with Gasteiger partial charge in [-0.3, -0.25) is 4.79 Å². The molecule has 66 valence electrons. The Morgan fingerprint density at radius 1 is 1.46 bits per heavy atom. The number of halogens is 1. The van der Waals surface area contributed by atoms with Gasteiger partial charge in [0, 0.05) is 21.0 Å². The molecule has 2 aromatic rings. The highest BCUT2D eigenvalue weighted by Crippen LogP contribution is 2.30. The lowest BCUT2D eigenvalue weighted by atomic mass is 10.1. The zero-order valence-electron chi connectivity index (χ0n) is 7.00. The van der Waals surface area contributed by atoms with E-state index in [-0.39, 0.29) is 5.78 Å². The van der Waals surface area contributed by atoms with E-state index in [9.17, 15) is 4.79 Å². The van der Waals surface area contributed by atoms with Crippen LogP contribution in [0.2, 0.25) is 5.02 Å². The van der Waals surface area contributed by atoms with Gasteiger partial charge in [-0.05, 0) is 25.1 Å². The van der Waals surface area contributed by atoms with E-state index in [2.05, 4.69) is 0 Å². The minimum absolute atomic E-state index is 0.0733. The van der Waals surface area contributed by atoms with Crippen molar-refractivity contribution in [1.29, 1.82) is 0 Å². The molecule has 0 amide bonds. The lowest BCUT2D eigenvalue weighted by molar-refractivity contribution is 0.101. The fraction of sp³-hybridized carbons (Fsp3) is 0.100. The van der Waals surface area contributed by atoms with Crippen LogP contribution in [0.4, 0.5) is 0 Å². The molecule has 1 aromatic carbocycles. The molecule has 0 saturated carbocycles. The molecule has 0 aliphatic heterocycles. The number of rotatable bonds is 1. The Balaban J connectivity index is 2.72. The monoisotopic (exact) mass is 210 g/mol. The zero-order chi connectivity index (χ0) is 9.42. The molecular weight excluding hydrogens is 204 g/mol.